The molecule has 0 spiro atoms. The molecule has 26 heavy (non-hydrogen) atoms. The van der Waals surface area contributed by atoms with Crippen molar-refractivity contribution in [2.24, 2.45) is 28.6 Å². The van der Waals surface area contributed by atoms with Crippen LogP contribution in [-0.4, -0.2) is 27.6 Å². The molecule has 0 aromatic heterocycles. The number of rotatable bonds is 3. The summed E-state index contributed by atoms with van der Waals surface area (Å²) in [4.78, 5) is 22.9. The normalized spacial score (nSPS) is 47.0. The van der Waals surface area contributed by atoms with Crippen LogP contribution in [0, 0.1) is 28.6 Å². The number of carboxylic acid groups (broad SMARTS) is 1. The molecule has 0 amide bonds. The summed E-state index contributed by atoms with van der Waals surface area (Å²) in [6.45, 7) is 4.51. The summed E-state index contributed by atoms with van der Waals surface area (Å²) in [5.74, 6) is 0.748. The van der Waals surface area contributed by atoms with E-state index in [1.165, 1.54) is 5.57 Å². The molecule has 4 heteroatoms. The minimum absolute atomic E-state index is 0.0372. The van der Waals surface area contributed by atoms with Gasteiger partial charge in [-0.1, -0.05) is 26.0 Å². The van der Waals surface area contributed by atoms with Gasteiger partial charge in [0.25, 0.3) is 0 Å². The van der Waals surface area contributed by atoms with Gasteiger partial charge in [-0.25, -0.2) is 0 Å². The van der Waals surface area contributed by atoms with Crippen LogP contribution >= 0.6 is 0 Å². The van der Waals surface area contributed by atoms with E-state index in [4.69, 9.17) is 5.11 Å². The van der Waals surface area contributed by atoms with Gasteiger partial charge >= 0.3 is 5.97 Å². The molecule has 2 N–H and O–H groups in total. The zero-order valence-corrected chi connectivity index (χ0v) is 15.8. The number of allylic oxidation sites excluding steroid dienone is 4. The monoisotopic (exact) mass is 358 g/mol. The number of ketones is 1. The predicted octanol–water partition coefficient (Wildman–Crippen LogP) is 3.89. The fourth-order valence-electron chi connectivity index (χ4n) is 6.83. The average Bonchev–Trinajstić information content (AvgIpc) is 2.86. The second-order valence-electron chi connectivity index (χ2n) is 9.55. The number of carbonyl (C=O) groups is 2. The number of aliphatic hydroxyl groups is 1. The van der Waals surface area contributed by atoms with Gasteiger partial charge in [0.15, 0.2) is 5.78 Å². The Labute approximate surface area is 155 Å². The third kappa shape index (κ3) is 2.37. The molecule has 2 fully saturated rings. The molecule has 0 aromatic rings. The molecular weight excluding hydrogens is 328 g/mol. The van der Waals surface area contributed by atoms with E-state index in [-0.39, 0.29) is 23.0 Å². The Hall–Kier alpha value is -1.42. The molecule has 0 heterocycles. The van der Waals surface area contributed by atoms with Crippen LogP contribution in [0.3, 0.4) is 0 Å². The number of aliphatic carboxylic acids is 1. The zero-order chi connectivity index (χ0) is 18.7. The van der Waals surface area contributed by atoms with E-state index in [1.54, 1.807) is 0 Å². The Bertz CT molecular complexity index is 707. The van der Waals surface area contributed by atoms with E-state index < -0.39 is 11.6 Å². The van der Waals surface area contributed by atoms with Crippen molar-refractivity contribution < 1.29 is 19.8 Å². The van der Waals surface area contributed by atoms with Gasteiger partial charge in [0.2, 0.25) is 0 Å². The Balaban J connectivity index is 1.66. The molecule has 0 unspecified atom stereocenters. The maximum absolute atomic E-state index is 11.9. The molecule has 4 aliphatic carbocycles. The standard InChI is InChI=1S/C22H30O4/c1-20-9-5-15(23)13-14(20)3-4-16-17(20)6-10-21(2)18(16)7-11-22(21,26)12-8-19(24)25/h3-4,13,16-18,26H,5-12H2,1-2H3,(H,24,25)/t16-,17-,18-,20+,21+,22-/m1/s1. The highest BCUT2D eigenvalue weighted by atomic mass is 16.4. The Morgan fingerprint density at radius 1 is 1.19 bits per heavy atom. The van der Waals surface area contributed by atoms with Gasteiger partial charge in [0.1, 0.15) is 0 Å². The highest BCUT2D eigenvalue weighted by molar-refractivity contribution is 5.92. The Morgan fingerprint density at radius 3 is 2.65 bits per heavy atom. The van der Waals surface area contributed by atoms with Crippen molar-refractivity contribution in [3.05, 3.63) is 23.8 Å². The third-order valence-corrected chi connectivity index (χ3v) is 8.59. The molecule has 0 aliphatic heterocycles. The van der Waals surface area contributed by atoms with Crippen LogP contribution in [0.1, 0.15) is 65.2 Å². The summed E-state index contributed by atoms with van der Waals surface area (Å²) in [5, 5.41) is 20.5. The molecular formula is C22H30O4. The first-order valence-electron chi connectivity index (χ1n) is 10.1. The van der Waals surface area contributed by atoms with E-state index in [2.05, 4.69) is 26.0 Å². The zero-order valence-electron chi connectivity index (χ0n) is 15.8. The highest BCUT2D eigenvalue weighted by Gasteiger charge is 2.62. The molecule has 0 aromatic carbocycles. The van der Waals surface area contributed by atoms with Crippen molar-refractivity contribution >= 4 is 11.8 Å². The third-order valence-electron chi connectivity index (χ3n) is 8.59. The van der Waals surface area contributed by atoms with Crippen molar-refractivity contribution in [3.8, 4) is 0 Å². The van der Waals surface area contributed by atoms with E-state index in [1.807, 2.05) is 6.08 Å². The van der Waals surface area contributed by atoms with Gasteiger partial charge in [-0.3, -0.25) is 9.59 Å². The summed E-state index contributed by atoms with van der Waals surface area (Å²) < 4.78 is 0. The van der Waals surface area contributed by atoms with Gasteiger partial charge in [-0.2, -0.15) is 0 Å². The second kappa shape index (κ2) is 5.79. The summed E-state index contributed by atoms with van der Waals surface area (Å²) in [5.41, 5.74) is 0.179. The van der Waals surface area contributed by atoms with Crippen molar-refractivity contribution in [1.82, 2.24) is 0 Å². The Kier molecular flexibility index (Phi) is 4.00. The SMILES string of the molecule is C[C@]12CCC(=O)C=C1C=C[C@@H]1[C@H]2CC[C@@]2(C)[C@@H]1CC[C@@]2(O)CCC(=O)O. The molecule has 4 rings (SSSR count). The van der Waals surface area contributed by atoms with Crippen molar-refractivity contribution in [1.29, 1.82) is 0 Å². The first kappa shape index (κ1) is 18.0. The van der Waals surface area contributed by atoms with E-state index >= 15 is 0 Å². The number of hydrogen-bond acceptors (Lipinski definition) is 3. The minimum atomic E-state index is -0.867. The molecule has 4 nitrogen and oxygen atoms in total. The number of carbonyl (C=O) groups excluding carboxylic acids is 1. The van der Waals surface area contributed by atoms with Crippen LogP contribution < -0.4 is 0 Å². The van der Waals surface area contributed by atoms with Crippen LogP contribution in [0.2, 0.25) is 0 Å². The predicted molar refractivity (Wildman–Crippen MR) is 98.4 cm³/mol. The lowest BCUT2D eigenvalue weighted by Crippen LogP contribution is -2.53. The van der Waals surface area contributed by atoms with Crippen molar-refractivity contribution in [3.63, 3.8) is 0 Å². The molecule has 0 radical (unpaired) electrons. The molecule has 6 atom stereocenters. The number of fused-ring (bicyclic) bond motifs is 5. The molecule has 0 saturated heterocycles. The topological polar surface area (TPSA) is 74.6 Å². The lowest BCUT2D eigenvalue weighted by molar-refractivity contribution is -0.144. The molecule has 0 bridgehead atoms. The Morgan fingerprint density at radius 2 is 1.92 bits per heavy atom. The smallest absolute Gasteiger partial charge is 0.303 e. The lowest BCUT2D eigenvalue weighted by atomic mass is 9.48. The minimum Gasteiger partial charge on any atom is -0.481 e. The fraction of sp³-hybridized carbons (Fsp3) is 0.727. The summed E-state index contributed by atoms with van der Waals surface area (Å²) in [6.07, 6.45) is 11.9. The fourth-order valence-corrected chi connectivity index (χ4v) is 6.83. The summed E-state index contributed by atoms with van der Waals surface area (Å²) in [6, 6.07) is 0. The maximum atomic E-state index is 11.9. The first-order valence-corrected chi connectivity index (χ1v) is 10.1. The van der Waals surface area contributed by atoms with E-state index in [9.17, 15) is 14.7 Å². The van der Waals surface area contributed by atoms with Crippen LogP contribution in [-0.2, 0) is 9.59 Å². The van der Waals surface area contributed by atoms with E-state index in [0.29, 0.717) is 37.0 Å². The van der Waals surface area contributed by atoms with Gasteiger partial charge in [-0.05, 0) is 78.8 Å². The average molecular weight is 358 g/mol. The second-order valence-corrected chi connectivity index (χ2v) is 9.55. The summed E-state index contributed by atoms with van der Waals surface area (Å²) >= 11 is 0. The lowest BCUT2D eigenvalue weighted by Gasteiger charge is -2.57. The van der Waals surface area contributed by atoms with Crippen LogP contribution in [0.5, 0.6) is 0 Å². The number of carboxylic acids is 1. The quantitative estimate of drug-likeness (QED) is 0.802. The van der Waals surface area contributed by atoms with E-state index in [0.717, 1.165) is 25.7 Å². The van der Waals surface area contributed by atoms with Crippen LogP contribution in [0.4, 0.5) is 0 Å². The van der Waals surface area contributed by atoms with Crippen molar-refractivity contribution in [2.45, 2.75) is 70.8 Å². The maximum Gasteiger partial charge on any atom is 0.303 e. The first-order chi connectivity index (χ1) is 12.2. The van der Waals surface area contributed by atoms with Gasteiger partial charge < -0.3 is 10.2 Å². The molecule has 4 aliphatic rings. The molecule has 142 valence electrons. The van der Waals surface area contributed by atoms with Crippen molar-refractivity contribution in [2.75, 3.05) is 0 Å². The van der Waals surface area contributed by atoms with Crippen LogP contribution in [0.15, 0.2) is 23.8 Å². The number of hydrogen-bond donors (Lipinski definition) is 2. The highest BCUT2D eigenvalue weighted by Crippen LogP contribution is 2.66. The molecule has 2 saturated carbocycles. The van der Waals surface area contributed by atoms with Gasteiger partial charge in [-0.15, -0.1) is 0 Å². The van der Waals surface area contributed by atoms with Crippen LogP contribution in [0.25, 0.3) is 0 Å². The summed E-state index contributed by atoms with van der Waals surface area (Å²) in [7, 11) is 0. The van der Waals surface area contributed by atoms with Gasteiger partial charge in [0.05, 0.1) is 5.60 Å². The van der Waals surface area contributed by atoms with Gasteiger partial charge in [0, 0.05) is 12.8 Å². The largest absolute Gasteiger partial charge is 0.481 e.